The van der Waals surface area contributed by atoms with Gasteiger partial charge in [0.15, 0.2) is 11.6 Å². The molecule has 1 amide bonds. The second kappa shape index (κ2) is 6.30. The fraction of sp³-hybridized carbons (Fsp3) is 0.133. The van der Waals surface area contributed by atoms with Crippen LogP contribution in [0.3, 0.4) is 0 Å². The number of rotatable bonds is 4. The van der Waals surface area contributed by atoms with Crippen LogP contribution in [0, 0.1) is 24.4 Å². The van der Waals surface area contributed by atoms with Crippen LogP contribution >= 0.6 is 0 Å². The van der Waals surface area contributed by atoms with E-state index in [9.17, 15) is 18.0 Å². The Balaban J connectivity index is 1.99. The summed E-state index contributed by atoms with van der Waals surface area (Å²) in [7, 11) is 0. The van der Waals surface area contributed by atoms with Gasteiger partial charge in [-0.3, -0.25) is 4.79 Å². The van der Waals surface area contributed by atoms with Crippen molar-refractivity contribution in [3.05, 3.63) is 59.4 Å². The van der Waals surface area contributed by atoms with Crippen molar-refractivity contribution in [1.82, 2.24) is 0 Å². The molecule has 0 radical (unpaired) electrons. The summed E-state index contributed by atoms with van der Waals surface area (Å²) in [6.45, 7) is 1.53. The molecule has 0 aliphatic rings. The Labute approximate surface area is 119 Å². The third-order valence-electron chi connectivity index (χ3n) is 2.73. The number of carbonyl (C=O) groups excluding carboxylic acids is 1. The van der Waals surface area contributed by atoms with Crippen molar-refractivity contribution in [2.45, 2.75) is 6.92 Å². The Morgan fingerprint density at radius 3 is 2.38 bits per heavy atom. The maximum Gasteiger partial charge on any atom is 0.243 e. The van der Waals surface area contributed by atoms with Gasteiger partial charge in [-0.2, -0.15) is 0 Å². The summed E-state index contributed by atoms with van der Waals surface area (Å²) in [4.78, 5) is 11.7. The first-order chi connectivity index (χ1) is 9.95. The maximum absolute atomic E-state index is 13.4. The lowest BCUT2D eigenvalue weighted by atomic mass is 10.2. The summed E-state index contributed by atoms with van der Waals surface area (Å²) in [5.74, 6) is -3.66. The quantitative estimate of drug-likeness (QED) is 0.906. The minimum Gasteiger partial charge on any atom is -0.371 e. The fourth-order valence-corrected chi connectivity index (χ4v) is 1.81. The molecule has 110 valence electrons. The molecule has 0 saturated heterocycles. The number of halogens is 3. The Bertz CT molecular complexity index is 651. The van der Waals surface area contributed by atoms with Crippen LogP contribution in [-0.4, -0.2) is 12.5 Å². The van der Waals surface area contributed by atoms with Crippen LogP contribution in [0.2, 0.25) is 0 Å². The maximum atomic E-state index is 13.4. The number of hydrogen-bond donors (Lipinski definition) is 2. The van der Waals surface area contributed by atoms with Crippen LogP contribution in [0.15, 0.2) is 36.4 Å². The minimum atomic E-state index is -1.09. The molecular weight excluding hydrogens is 281 g/mol. The molecule has 2 rings (SSSR count). The molecular formula is C15H13F3N2O. The van der Waals surface area contributed by atoms with E-state index in [1.165, 1.54) is 0 Å². The molecule has 21 heavy (non-hydrogen) atoms. The number of nitrogens with one attached hydrogen (secondary N) is 2. The Morgan fingerprint density at radius 2 is 1.76 bits per heavy atom. The standard InChI is InChI=1S/C15H13F3N2O/c1-9-3-2-4-11(5-9)20-14(21)8-19-15-12(17)6-10(16)7-13(15)18/h2-7,19H,8H2,1H3,(H,20,21). The average Bonchev–Trinajstić information content (AvgIpc) is 2.37. The van der Waals surface area contributed by atoms with Crippen LogP contribution in [0.1, 0.15) is 5.56 Å². The highest BCUT2D eigenvalue weighted by molar-refractivity contribution is 5.93. The number of anilines is 2. The third kappa shape index (κ3) is 3.98. The third-order valence-corrected chi connectivity index (χ3v) is 2.73. The number of carbonyl (C=O) groups is 1. The highest BCUT2D eigenvalue weighted by Gasteiger charge is 2.12. The van der Waals surface area contributed by atoms with E-state index < -0.39 is 29.0 Å². The zero-order valence-corrected chi connectivity index (χ0v) is 11.2. The Hall–Kier alpha value is -2.50. The van der Waals surface area contributed by atoms with Gasteiger partial charge in [-0.25, -0.2) is 13.2 Å². The van der Waals surface area contributed by atoms with E-state index >= 15 is 0 Å². The lowest BCUT2D eigenvalue weighted by Crippen LogP contribution is -2.22. The van der Waals surface area contributed by atoms with Gasteiger partial charge in [0, 0.05) is 17.8 Å². The van der Waals surface area contributed by atoms with E-state index in [1.54, 1.807) is 18.2 Å². The molecule has 2 N–H and O–H groups in total. The van der Waals surface area contributed by atoms with E-state index in [-0.39, 0.29) is 6.54 Å². The predicted octanol–water partition coefficient (Wildman–Crippen LogP) is 3.46. The molecule has 0 fully saturated rings. The lowest BCUT2D eigenvalue weighted by Gasteiger charge is -2.10. The predicted molar refractivity (Wildman–Crippen MR) is 74.6 cm³/mol. The summed E-state index contributed by atoms with van der Waals surface area (Å²) < 4.78 is 39.5. The second-order valence-electron chi connectivity index (χ2n) is 4.52. The van der Waals surface area contributed by atoms with Gasteiger partial charge >= 0.3 is 0 Å². The largest absolute Gasteiger partial charge is 0.371 e. The first kappa shape index (κ1) is 14.9. The molecule has 0 saturated carbocycles. The molecule has 0 spiro atoms. The van der Waals surface area contributed by atoms with Gasteiger partial charge in [0.1, 0.15) is 11.5 Å². The Kier molecular flexibility index (Phi) is 4.47. The molecule has 0 unspecified atom stereocenters. The Morgan fingerprint density at radius 1 is 1.10 bits per heavy atom. The van der Waals surface area contributed by atoms with Gasteiger partial charge in [-0.05, 0) is 24.6 Å². The van der Waals surface area contributed by atoms with Crippen molar-refractivity contribution in [1.29, 1.82) is 0 Å². The number of hydrogen-bond acceptors (Lipinski definition) is 2. The van der Waals surface area contributed by atoms with Crippen LogP contribution in [0.5, 0.6) is 0 Å². The number of aryl methyl sites for hydroxylation is 1. The smallest absolute Gasteiger partial charge is 0.243 e. The van der Waals surface area contributed by atoms with E-state index in [1.807, 2.05) is 13.0 Å². The molecule has 0 aromatic heterocycles. The van der Waals surface area contributed by atoms with Gasteiger partial charge in [0.25, 0.3) is 0 Å². The van der Waals surface area contributed by atoms with Crippen molar-refractivity contribution in [3.8, 4) is 0 Å². The molecule has 0 heterocycles. The molecule has 0 aliphatic carbocycles. The highest BCUT2D eigenvalue weighted by atomic mass is 19.1. The number of benzene rings is 2. The van der Waals surface area contributed by atoms with Crippen molar-refractivity contribution >= 4 is 17.3 Å². The second-order valence-corrected chi connectivity index (χ2v) is 4.52. The molecule has 0 aliphatic heterocycles. The topological polar surface area (TPSA) is 41.1 Å². The first-order valence-electron chi connectivity index (χ1n) is 6.20. The van der Waals surface area contributed by atoms with Crippen molar-refractivity contribution in [3.63, 3.8) is 0 Å². The monoisotopic (exact) mass is 294 g/mol. The summed E-state index contributed by atoms with van der Waals surface area (Å²) in [6, 6.07) is 8.20. The van der Waals surface area contributed by atoms with E-state index in [0.717, 1.165) is 5.56 Å². The molecule has 2 aromatic rings. The van der Waals surface area contributed by atoms with Crippen LogP contribution < -0.4 is 10.6 Å². The zero-order valence-electron chi connectivity index (χ0n) is 11.2. The van der Waals surface area contributed by atoms with Gasteiger partial charge in [-0.15, -0.1) is 0 Å². The molecule has 2 aromatic carbocycles. The van der Waals surface area contributed by atoms with E-state index in [0.29, 0.717) is 17.8 Å². The number of amides is 1. The summed E-state index contributed by atoms with van der Waals surface area (Å²) >= 11 is 0. The van der Waals surface area contributed by atoms with Crippen molar-refractivity contribution < 1.29 is 18.0 Å². The summed E-state index contributed by atoms with van der Waals surface area (Å²) in [5, 5.41) is 4.90. The molecule has 0 bridgehead atoms. The van der Waals surface area contributed by atoms with Crippen LogP contribution in [-0.2, 0) is 4.79 Å². The van der Waals surface area contributed by atoms with Crippen molar-refractivity contribution in [2.75, 3.05) is 17.2 Å². The van der Waals surface area contributed by atoms with Crippen molar-refractivity contribution in [2.24, 2.45) is 0 Å². The highest BCUT2D eigenvalue weighted by Crippen LogP contribution is 2.19. The van der Waals surface area contributed by atoms with Gasteiger partial charge in [0.05, 0.1) is 6.54 Å². The summed E-state index contributed by atoms with van der Waals surface area (Å²) in [5.41, 5.74) is 1.02. The lowest BCUT2D eigenvalue weighted by molar-refractivity contribution is -0.114. The van der Waals surface area contributed by atoms with Crippen LogP contribution in [0.25, 0.3) is 0 Å². The molecule has 6 heteroatoms. The average molecular weight is 294 g/mol. The van der Waals surface area contributed by atoms with E-state index in [2.05, 4.69) is 10.6 Å². The molecule has 0 atom stereocenters. The van der Waals surface area contributed by atoms with E-state index in [4.69, 9.17) is 0 Å². The SMILES string of the molecule is Cc1cccc(NC(=O)CNc2c(F)cc(F)cc2F)c1. The van der Waals surface area contributed by atoms with Gasteiger partial charge < -0.3 is 10.6 Å². The first-order valence-corrected chi connectivity index (χ1v) is 6.20. The molecule has 3 nitrogen and oxygen atoms in total. The van der Waals surface area contributed by atoms with Gasteiger partial charge in [0.2, 0.25) is 5.91 Å². The normalized spacial score (nSPS) is 10.3. The minimum absolute atomic E-state index is 0.340. The van der Waals surface area contributed by atoms with Gasteiger partial charge in [-0.1, -0.05) is 12.1 Å². The zero-order chi connectivity index (χ0) is 15.4. The summed E-state index contributed by atoms with van der Waals surface area (Å²) in [6.07, 6.45) is 0. The fourth-order valence-electron chi connectivity index (χ4n) is 1.81. The van der Waals surface area contributed by atoms with Crippen LogP contribution in [0.4, 0.5) is 24.5 Å².